The van der Waals surface area contributed by atoms with E-state index >= 15 is 0 Å². The van der Waals surface area contributed by atoms with E-state index in [2.05, 4.69) is 10.6 Å². The van der Waals surface area contributed by atoms with Crippen LogP contribution in [-0.2, 0) is 51.7 Å². The highest BCUT2D eigenvalue weighted by molar-refractivity contribution is 5.90. The number of benzene rings is 3. The Morgan fingerprint density at radius 1 is 0.604 bits per heavy atom. The minimum absolute atomic E-state index is 0.00104. The molecular weight excluding hydrogens is 646 g/mol. The molecule has 3 rings (SSSR count). The Morgan fingerprint density at radius 3 is 1.40 bits per heavy atom. The number of nitriles is 1. The topological polar surface area (TPSA) is 166 Å². The largest absolute Gasteiger partial charge is 0.471 e. The summed E-state index contributed by atoms with van der Waals surface area (Å²) in [5, 5.41) is 17.8. The van der Waals surface area contributed by atoms with Gasteiger partial charge in [0.2, 0.25) is 11.8 Å². The Balaban J connectivity index is 1.66. The summed E-state index contributed by atoms with van der Waals surface area (Å²) in [6, 6.07) is 18.1. The molecule has 0 radical (unpaired) electrons. The molecule has 0 saturated carbocycles. The fourth-order valence-electron chi connectivity index (χ4n) is 4.23. The first-order valence-electron chi connectivity index (χ1n) is 14.2. The fourth-order valence-corrected chi connectivity index (χ4v) is 4.23. The van der Waals surface area contributed by atoms with Crippen LogP contribution in [0.15, 0.2) is 72.8 Å². The van der Waals surface area contributed by atoms with Crippen LogP contribution >= 0.6 is 0 Å². The standard InChI is InChI=1S/C32H30F6N6O4/c33-31(34,35)29(47)42-17-23-7-1-19(2-8-23)13-25(40)27(45)44-26(28(46)41-16-22-11-5-21(15-39)6-12-22)14-20-3-9-24(10-4-20)18-43-30(48)32(36,37)38/h1-12,25-26H,13-14,16-18,40H2,(H,41,46)(H,42,47)(H,43,48)(H,44,45). The van der Waals surface area contributed by atoms with Gasteiger partial charge in [-0.3, -0.25) is 19.2 Å². The smallest absolute Gasteiger partial charge is 0.350 e. The molecule has 0 saturated heterocycles. The van der Waals surface area contributed by atoms with E-state index in [0.29, 0.717) is 33.4 Å². The van der Waals surface area contributed by atoms with Crippen molar-refractivity contribution in [2.75, 3.05) is 0 Å². The third kappa shape index (κ3) is 11.7. The summed E-state index contributed by atoms with van der Waals surface area (Å²) >= 11 is 0. The lowest BCUT2D eigenvalue weighted by Crippen LogP contribution is -2.52. The highest BCUT2D eigenvalue weighted by Crippen LogP contribution is 2.16. The molecule has 3 aromatic carbocycles. The monoisotopic (exact) mass is 676 g/mol. The molecule has 2 unspecified atom stereocenters. The Morgan fingerprint density at radius 2 is 0.979 bits per heavy atom. The predicted octanol–water partition coefficient (Wildman–Crippen LogP) is 2.83. The number of carbonyl (C=O) groups is 4. The lowest BCUT2D eigenvalue weighted by Gasteiger charge is -2.21. The van der Waals surface area contributed by atoms with Crippen LogP contribution in [0.2, 0.25) is 0 Å². The zero-order valence-electron chi connectivity index (χ0n) is 25.0. The predicted molar refractivity (Wildman–Crippen MR) is 159 cm³/mol. The number of hydrogen-bond donors (Lipinski definition) is 5. The number of nitrogens with two attached hydrogens (primary N) is 1. The summed E-state index contributed by atoms with van der Waals surface area (Å²) in [5.74, 6) is -5.44. The molecule has 10 nitrogen and oxygen atoms in total. The van der Waals surface area contributed by atoms with Crippen molar-refractivity contribution in [3.63, 3.8) is 0 Å². The van der Waals surface area contributed by atoms with Crippen molar-refractivity contribution in [2.45, 2.75) is 56.9 Å². The average molecular weight is 677 g/mol. The number of nitrogens with one attached hydrogen (secondary N) is 4. The van der Waals surface area contributed by atoms with E-state index < -0.39 is 48.1 Å². The molecule has 0 aromatic heterocycles. The third-order valence-corrected chi connectivity index (χ3v) is 6.88. The van der Waals surface area contributed by atoms with Crippen LogP contribution in [0, 0.1) is 11.3 Å². The molecule has 254 valence electrons. The van der Waals surface area contributed by atoms with Crippen molar-refractivity contribution in [3.8, 4) is 6.07 Å². The highest BCUT2D eigenvalue weighted by atomic mass is 19.4. The summed E-state index contributed by atoms with van der Waals surface area (Å²) in [7, 11) is 0. The number of nitrogens with zero attached hydrogens (tertiary/aromatic N) is 1. The minimum atomic E-state index is -5.03. The van der Waals surface area contributed by atoms with Crippen molar-refractivity contribution in [3.05, 3.63) is 106 Å². The fraction of sp³-hybridized carbons (Fsp3) is 0.281. The summed E-state index contributed by atoms with van der Waals surface area (Å²) in [4.78, 5) is 48.4. The summed E-state index contributed by atoms with van der Waals surface area (Å²) in [6.45, 7) is -0.688. The number of alkyl halides is 6. The SMILES string of the molecule is N#Cc1ccc(CNC(=O)C(Cc2ccc(CNC(=O)C(F)(F)F)cc2)NC(=O)C(N)Cc2ccc(CNC(=O)C(F)(F)F)cc2)cc1. The van der Waals surface area contributed by atoms with Gasteiger partial charge in [0.1, 0.15) is 6.04 Å². The first-order valence-corrected chi connectivity index (χ1v) is 14.2. The molecule has 0 bridgehead atoms. The van der Waals surface area contributed by atoms with Gasteiger partial charge in [-0.1, -0.05) is 60.7 Å². The molecule has 16 heteroatoms. The highest BCUT2D eigenvalue weighted by Gasteiger charge is 2.39. The van der Waals surface area contributed by atoms with Crippen LogP contribution in [0.3, 0.4) is 0 Å². The number of halogens is 6. The summed E-state index contributed by atoms with van der Waals surface area (Å²) < 4.78 is 74.6. The molecule has 3 aromatic rings. The molecule has 4 amide bonds. The Hall–Kier alpha value is -5.43. The first-order chi connectivity index (χ1) is 22.5. The van der Waals surface area contributed by atoms with Crippen LogP contribution in [0.5, 0.6) is 0 Å². The van der Waals surface area contributed by atoms with Gasteiger partial charge < -0.3 is 27.0 Å². The second-order valence-corrected chi connectivity index (χ2v) is 10.6. The molecule has 0 aliphatic rings. The number of carbonyl (C=O) groups excluding carboxylic acids is 4. The van der Waals surface area contributed by atoms with E-state index in [1.165, 1.54) is 48.5 Å². The molecule has 0 spiro atoms. The molecule has 0 aliphatic heterocycles. The lowest BCUT2D eigenvalue weighted by molar-refractivity contribution is -0.173. The van der Waals surface area contributed by atoms with E-state index in [1.54, 1.807) is 34.9 Å². The zero-order chi connectivity index (χ0) is 35.5. The number of hydrogen-bond acceptors (Lipinski definition) is 6. The summed E-state index contributed by atoms with van der Waals surface area (Å²) in [6.07, 6.45) is -10.1. The molecule has 2 atom stereocenters. The lowest BCUT2D eigenvalue weighted by atomic mass is 10.0. The van der Waals surface area contributed by atoms with Crippen LogP contribution < -0.4 is 27.0 Å². The van der Waals surface area contributed by atoms with Crippen LogP contribution in [0.4, 0.5) is 26.3 Å². The van der Waals surface area contributed by atoms with E-state index in [0.717, 1.165) is 0 Å². The molecular formula is C32H30F6N6O4. The van der Waals surface area contributed by atoms with Crippen LogP contribution in [-0.4, -0.2) is 48.1 Å². The van der Waals surface area contributed by atoms with Crippen molar-refractivity contribution in [1.29, 1.82) is 5.26 Å². The first kappa shape index (κ1) is 37.0. The summed E-state index contributed by atoms with van der Waals surface area (Å²) in [5.41, 5.74) is 9.03. The molecule has 0 fully saturated rings. The van der Waals surface area contributed by atoms with E-state index in [9.17, 15) is 45.5 Å². The Bertz CT molecular complexity index is 1620. The normalized spacial score (nSPS) is 12.6. The van der Waals surface area contributed by atoms with Gasteiger partial charge in [-0.2, -0.15) is 31.6 Å². The second kappa shape index (κ2) is 16.4. The maximum absolute atomic E-state index is 13.2. The quantitative estimate of drug-likeness (QED) is 0.175. The van der Waals surface area contributed by atoms with Gasteiger partial charge in [0.25, 0.3) is 0 Å². The van der Waals surface area contributed by atoms with Gasteiger partial charge in [-0.15, -0.1) is 0 Å². The van der Waals surface area contributed by atoms with Gasteiger partial charge >= 0.3 is 24.2 Å². The van der Waals surface area contributed by atoms with Crippen molar-refractivity contribution >= 4 is 23.6 Å². The second-order valence-electron chi connectivity index (χ2n) is 10.6. The van der Waals surface area contributed by atoms with E-state index in [4.69, 9.17) is 11.0 Å². The van der Waals surface area contributed by atoms with Gasteiger partial charge in [0.15, 0.2) is 0 Å². The van der Waals surface area contributed by atoms with Gasteiger partial charge in [-0.25, -0.2) is 0 Å². The van der Waals surface area contributed by atoms with Gasteiger partial charge in [0.05, 0.1) is 17.7 Å². The Labute approximate surface area is 270 Å². The molecule has 0 aliphatic carbocycles. The van der Waals surface area contributed by atoms with Crippen LogP contribution in [0.25, 0.3) is 0 Å². The molecule has 0 heterocycles. The molecule has 6 N–H and O–H groups in total. The number of rotatable bonds is 13. The number of amides is 4. The van der Waals surface area contributed by atoms with Gasteiger partial charge in [-0.05, 0) is 46.4 Å². The van der Waals surface area contributed by atoms with Crippen LogP contribution in [0.1, 0.15) is 33.4 Å². The maximum atomic E-state index is 13.2. The van der Waals surface area contributed by atoms with E-state index in [1.807, 2.05) is 6.07 Å². The average Bonchev–Trinajstić information content (AvgIpc) is 3.05. The maximum Gasteiger partial charge on any atom is 0.471 e. The Kier molecular flexibility index (Phi) is 12.7. The zero-order valence-corrected chi connectivity index (χ0v) is 25.0. The van der Waals surface area contributed by atoms with Crippen molar-refractivity contribution in [1.82, 2.24) is 21.3 Å². The van der Waals surface area contributed by atoms with Crippen molar-refractivity contribution in [2.24, 2.45) is 5.73 Å². The molecule has 48 heavy (non-hydrogen) atoms. The van der Waals surface area contributed by atoms with E-state index in [-0.39, 0.29) is 32.5 Å². The van der Waals surface area contributed by atoms with Crippen molar-refractivity contribution < 1.29 is 45.5 Å². The minimum Gasteiger partial charge on any atom is -0.350 e. The van der Waals surface area contributed by atoms with Gasteiger partial charge in [0, 0.05) is 26.1 Å². The third-order valence-electron chi connectivity index (χ3n) is 6.88.